The van der Waals surface area contributed by atoms with Crippen molar-refractivity contribution in [3.05, 3.63) is 48.0 Å². The topological polar surface area (TPSA) is 26.3 Å². The smallest absolute Gasteiger partial charge is 0.338 e. The van der Waals surface area contributed by atoms with Crippen LogP contribution in [0.15, 0.2) is 36.9 Å². The van der Waals surface area contributed by atoms with Crippen LogP contribution in [0.3, 0.4) is 0 Å². The molecule has 0 aromatic heterocycles. The van der Waals surface area contributed by atoms with Gasteiger partial charge in [-0.2, -0.15) is 0 Å². The van der Waals surface area contributed by atoms with Gasteiger partial charge < -0.3 is 4.74 Å². The van der Waals surface area contributed by atoms with Gasteiger partial charge in [0, 0.05) is 0 Å². The number of rotatable bonds is 4. The predicted octanol–water partition coefficient (Wildman–Crippen LogP) is 3.15. The van der Waals surface area contributed by atoms with E-state index in [1.54, 1.807) is 12.1 Å². The average molecular weight is 204 g/mol. The number of benzene rings is 1. The summed E-state index contributed by atoms with van der Waals surface area (Å²) in [4.78, 5) is 11.5. The van der Waals surface area contributed by atoms with Gasteiger partial charge in [0.2, 0.25) is 0 Å². The van der Waals surface area contributed by atoms with Crippen LogP contribution in [0, 0.1) is 0 Å². The van der Waals surface area contributed by atoms with Crippen LogP contribution in [0.4, 0.5) is 0 Å². The largest absolute Gasteiger partial charge is 0.458 e. The second kappa shape index (κ2) is 5.35. The molecule has 0 aliphatic heterocycles. The van der Waals surface area contributed by atoms with Crippen molar-refractivity contribution < 1.29 is 9.53 Å². The molecule has 0 aliphatic carbocycles. The molecular weight excluding hydrogens is 188 g/mol. The summed E-state index contributed by atoms with van der Waals surface area (Å²) in [5.41, 5.74) is 1.74. The average Bonchev–Trinajstić information content (AvgIpc) is 2.26. The monoisotopic (exact) mass is 204 g/mol. The van der Waals surface area contributed by atoms with E-state index in [0.717, 1.165) is 5.56 Å². The molecule has 0 unspecified atom stereocenters. The van der Waals surface area contributed by atoms with E-state index in [2.05, 4.69) is 20.4 Å². The van der Waals surface area contributed by atoms with Gasteiger partial charge in [0.25, 0.3) is 0 Å². The van der Waals surface area contributed by atoms with Crippen molar-refractivity contribution in [2.24, 2.45) is 0 Å². The first-order valence-corrected chi connectivity index (χ1v) is 5.03. The van der Waals surface area contributed by atoms with Gasteiger partial charge in [0.15, 0.2) is 0 Å². The first-order valence-electron chi connectivity index (χ1n) is 5.03. The van der Waals surface area contributed by atoms with Gasteiger partial charge in [-0.15, -0.1) is 0 Å². The summed E-state index contributed by atoms with van der Waals surface area (Å²) < 4.78 is 4.95. The molecule has 0 bridgehead atoms. The molecule has 0 saturated carbocycles. The summed E-state index contributed by atoms with van der Waals surface area (Å²) >= 11 is 0. The molecule has 0 N–H and O–H groups in total. The Balaban J connectivity index is 2.80. The maximum atomic E-state index is 11.5. The van der Waals surface area contributed by atoms with E-state index in [1.165, 1.54) is 0 Å². The lowest BCUT2D eigenvalue weighted by Gasteiger charge is -2.07. The Morgan fingerprint density at radius 2 is 2.27 bits per heavy atom. The summed E-state index contributed by atoms with van der Waals surface area (Å²) in [6.45, 7) is 7.93. The van der Waals surface area contributed by atoms with Gasteiger partial charge >= 0.3 is 5.97 Å². The van der Waals surface area contributed by atoms with Crippen molar-refractivity contribution in [3.63, 3.8) is 0 Å². The number of esters is 1. The van der Waals surface area contributed by atoms with E-state index in [9.17, 15) is 4.79 Å². The molecule has 1 aromatic carbocycles. The molecule has 0 heterocycles. The fraction of sp³-hybridized carbons (Fsp3) is 0.308. The SMILES string of the molecule is C=CCOC(=O)c1cccc(C(C)C)c1. The summed E-state index contributed by atoms with van der Waals surface area (Å²) in [6.07, 6.45) is 1.56. The third kappa shape index (κ3) is 3.24. The Morgan fingerprint density at radius 1 is 1.53 bits per heavy atom. The number of carbonyl (C=O) groups is 1. The third-order valence-corrected chi connectivity index (χ3v) is 2.12. The molecule has 0 amide bonds. The molecule has 80 valence electrons. The van der Waals surface area contributed by atoms with E-state index in [1.807, 2.05) is 18.2 Å². The molecule has 0 aliphatic rings. The normalized spacial score (nSPS) is 10.1. The number of carbonyl (C=O) groups excluding carboxylic acids is 1. The minimum Gasteiger partial charge on any atom is -0.458 e. The molecule has 0 fully saturated rings. The lowest BCUT2D eigenvalue weighted by molar-refractivity contribution is 0.0549. The van der Waals surface area contributed by atoms with Crippen LogP contribution < -0.4 is 0 Å². The Morgan fingerprint density at radius 3 is 2.87 bits per heavy atom. The highest BCUT2D eigenvalue weighted by Gasteiger charge is 2.07. The molecule has 0 spiro atoms. The fourth-order valence-corrected chi connectivity index (χ4v) is 1.24. The van der Waals surface area contributed by atoms with E-state index in [4.69, 9.17) is 4.74 Å². The van der Waals surface area contributed by atoms with E-state index >= 15 is 0 Å². The van der Waals surface area contributed by atoms with Crippen LogP contribution in [0.25, 0.3) is 0 Å². The second-order valence-corrected chi connectivity index (χ2v) is 3.67. The maximum absolute atomic E-state index is 11.5. The van der Waals surface area contributed by atoms with Crippen LogP contribution in [-0.4, -0.2) is 12.6 Å². The Labute approximate surface area is 90.6 Å². The van der Waals surface area contributed by atoms with Gasteiger partial charge in [-0.25, -0.2) is 4.79 Å². The van der Waals surface area contributed by atoms with Crippen molar-refractivity contribution >= 4 is 5.97 Å². The van der Waals surface area contributed by atoms with E-state index in [-0.39, 0.29) is 12.6 Å². The van der Waals surface area contributed by atoms with Crippen molar-refractivity contribution in [1.29, 1.82) is 0 Å². The van der Waals surface area contributed by atoms with Gasteiger partial charge in [0.05, 0.1) is 5.56 Å². The molecule has 2 heteroatoms. The van der Waals surface area contributed by atoms with Crippen molar-refractivity contribution in [2.45, 2.75) is 19.8 Å². The third-order valence-electron chi connectivity index (χ3n) is 2.12. The number of hydrogen-bond donors (Lipinski definition) is 0. The van der Waals surface area contributed by atoms with Crippen LogP contribution in [-0.2, 0) is 4.74 Å². The summed E-state index contributed by atoms with van der Waals surface area (Å²) in [5, 5.41) is 0. The van der Waals surface area contributed by atoms with Gasteiger partial charge in [0.1, 0.15) is 6.61 Å². The maximum Gasteiger partial charge on any atom is 0.338 e. The minimum absolute atomic E-state index is 0.255. The number of ether oxygens (including phenoxy) is 1. The molecule has 1 aromatic rings. The second-order valence-electron chi connectivity index (χ2n) is 3.67. The molecule has 0 radical (unpaired) electrons. The highest BCUT2D eigenvalue weighted by molar-refractivity contribution is 5.89. The van der Waals surface area contributed by atoms with Crippen LogP contribution in [0.5, 0.6) is 0 Å². The number of hydrogen-bond acceptors (Lipinski definition) is 2. The van der Waals surface area contributed by atoms with E-state index < -0.39 is 0 Å². The fourth-order valence-electron chi connectivity index (χ4n) is 1.24. The molecule has 1 rings (SSSR count). The predicted molar refractivity (Wildman–Crippen MR) is 61.0 cm³/mol. The summed E-state index contributed by atoms with van der Waals surface area (Å²) in [5.74, 6) is 0.120. The zero-order valence-corrected chi connectivity index (χ0v) is 9.19. The van der Waals surface area contributed by atoms with Crippen molar-refractivity contribution in [2.75, 3.05) is 6.61 Å². The van der Waals surface area contributed by atoms with E-state index in [0.29, 0.717) is 11.5 Å². The van der Waals surface area contributed by atoms with Gasteiger partial charge in [-0.05, 0) is 23.6 Å². The Hall–Kier alpha value is -1.57. The van der Waals surface area contributed by atoms with Crippen LogP contribution in [0.1, 0.15) is 35.7 Å². The molecular formula is C13H16O2. The zero-order valence-electron chi connectivity index (χ0n) is 9.19. The first-order chi connectivity index (χ1) is 7.15. The van der Waals surface area contributed by atoms with Gasteiger partial charge in [-0.1, -0.05) is 38.6 Å². The zero-order chi connectivity index (χ0) is 11.3. The first kappa shape index (κ1) is 11.5. The quantitative estimate of drug-likeness (QED) is 0.556. The molecule has 15 heavy (non-hydrogen) atoms. The Bertz CT molecular complexity index is 353. The molecule has 0 atom stereocenters. The van der Waals surface area contributed by atoms with Gasteiger partial charge in [-0.3, -0.25) is 0 Å². The highest BCUT2D eigenvalue weighted by atomic mass is 16.5. The standard InChI is InChI=1S/C13H16O2/c1-4-8-15-13(14)12-7-5-6-11(9-12)10(2)3/h4-7,9-10H,1,8H2,2-3H3. The summed E-state index contributed by atoms with van der Waals surface area (Å²) in [7, 11) is 0. The van der Waals surface area contributed by atoms with Crippen molar-refractivity contribution in [1.82, 2.24) is 0 Å². The Kier molecular flexibility index (Phi) is 4.10. The molecule has 0 saturated heterocycles. The lowest BCUT2D eigenvalue weighted by atomic mass is 10.0. The summed E-state index contributed by atoms with van der Waals surface area (Å²) in [6, 6.07) is 7.52. The lowest BCUT2D eigenvalue weighted by Crippen LogP contribution is -2.05. The molecule has 2 nitrogen and oxygen atoms in total. The van der Waals surface area contributed by atoms with Crippen LogP contribution in [0.2, 0.25) is 0 Å². The van der Waals surface area contributed by atoms with Crippen LogP contribution >= 0.6 is 0 Å². The highest BCUT2D eigenvalue weighted by Crippen LogP contribution is 2.15. The minimum atomic E-state index is -0.294. The van der Waals surface area contributed by atoms with Crippen molar-refractivity contribution in [3.8, 4) is 0 Å².